The van der Waals surface area contributed by atoms with Crippen LogP contribution in [0.5, 0.6) is 0 Å². The Kier molecular flexibility index (Phi) is 5.85. The number of hydrogen-bond acceptors (Lipinski definition) is 4. The fourth-order valence-electron chi connectivity index (χ4n) is 4.19. The lowest BCUT2D eigenvalue weighted by Crippen LogP contribution is -2.35. The molecular formula is C21H26N2O3S2. The zero-order valence-corrected chi connectivity index (χ0v) is 17.6. The maximum absolute atomic E-state index is 12.9. The van der Waals surface area contributed by atoms with Crippen LogP contribution >= 0.6 is 11.3 Å². The van der Waals surface area contributed by atoms with E-state index in [-0.39, 0.29) is 11.9 Å². The van der Waals surface area contributed by atoms with Gasteiger partial charge in [-0.2, -0.15) is 15.6 Å². The van der Waals surface area contributed by atoms with Crippen molar-refractivity contribution in [3.05, 3.63) is 52.2 Å². The Labute approximate surface area is 171 Å². The van der Waals surface area contributed by atoms with Crippen molar-refractivity contribution in [2.75, 3.05) is 19.6 Å². The van der Waals surface area contributed by atoms with Gasteiger partial charge in [0.05, 0.1) is 17.4 Å². The molecule has 2 aromatic rings. The third kappa shape index (κ3) is 4.02. The standard InChI is InChI=1S/C21H26N2O3S2/c24-21(23-13-4-5-20(23)18-10-14-27-16-18)15-17-6-8-19(9-7-17)28(25,26)22-11-2-1-3-12-22/h6-10,14,16,20H,1-5,11-13,15H2/t20-/m0/s1. The molecule has 0 unspecified atom stereocenters. The first-order valence-electron chi connectivity index (χ1n) is 9.96. The Morgan fingerprint density at radius 1 is 1.00 bits per heavy atom. The molecule has 1 atom stereocenters. The highest BCUT2D eigenvalue weighted by Crippen LogP contribution is 2.33. The lowest BCUT2D eigenvalue weighted by Gasteiger charge is -2.26. The lowest BCUT2D eigenvalue weighted by atomic mass is 10.1. The second-order valence-electron chi connectivity index (χ2n) is 7.59. The quantitative estimate of drug-likeness (QED) is 0.742. The van der Waals surface area contributed by atoms with Crippen LogP contribution < -0.4 is 0 Å². The summed E-state index contributed by atoms with van der Waals surface area (Å²) in [7, 11) is -3.42. The topological polar surface area (TPSA) is 57.7 Å². The molecule has 0 radical (unpaired) electrons. The SMILES string of the molecule is O=C(Cc1ccc(S(=O)(=O)N2CCCCC2)cc1)N1CCC[C@H]1c1ccsc1. The van der Waals surface area contributed by atoms with Gasteiger partial charge in [0.15, 0.2) is 0 Å². The third-order valence-corrected chi connectivity index (χ3v) is 8.35. The summed E-state index contributed by atoms with van der Waals surface area (Å²) in [5, 5.41) is 4.17. The van der Waals surface area contributed by atoms with E-state index in [1.807, 2.05) is 4.90 Å². The molecule has 7 heteroatoms. The number of likely N-dealkylation sites (tertiary alicyclic amines) is 1. The van der Waals surface area contributed by atoms with E-state index in [4.69, 9.17) is 0 Å². The van der Waals surface area contributed by atoms with Crippen molar-refractivity contribution >= 4 is 27.3 Å². The summed E-state index contributed by atoms with van der Waals surface area (Å²) in [6.45, 7) is 1.99. The van der Waals surface area contributed by atoms with Gasteiger partial charge in [-0.05, 0) is 65.8 Å². The Balaban J connectivity index is 1.43. The van der Waals surface area contributed by atoms with Crippen LogP contribution in [0.2, 0.25) is 0 Å². The molecule has 0 aliphatic carbocycles. The van der Waals surface area contributed by atoms with E-state index in [1.165, 1.54) is 5.56 Å². The van der Waals surface area contributed by atoms with Crippen LogP contribution in [0.3, 0.4) is 0 Å². The van der Waals surface area contributed by atoms with E-state index in [2.05, 4.69) is 16.8 Å². The number of rotatable bonds is 5. The molecular weight excluding hydrogens is 392 g/mol. The molecule has 1 aromatic carbocycles. The largest absolute Gasteiger partial charge is 0.335 e. The predicted octanol–water partition coefficient (Wildman–Crippen LogP) is 3.83. The van der Waals surface area contributed by atoms with Gasteiger partial charge >= 0.3 is 0 Å². The first-order valence-corrected chi connectivity index (χ1v) is 12.3. The number of carbonyl (C=O) groups excluding carboxylic acids is 1. The number of amides is 1. The molecule has 2 aliphatic rings. The smallest absolute Gasteiger partial charge is 0.243 e. The summed E-state index contributed by atoms with van der Waals surface area (Å²) < 4.78 is 27.1. The van der Waals surface area contributed by atoms with Crippen molar-refractivity contribution in [1.29, 1.82) is 0 Å². The highest BCUT2D eigenvalue weighted by Gasteiger charge is 2.30. The first kappa shape index (κ1) is 19.6. The van der Waals surface area contributed by atoms with E-state index >= 15 is 0 Å². The monoisotopic (exact) mass is 418 g/mol. The maximum atomic E-state index is 12.9. The van der Waals surface area contributed by atoms with E-state index < -0.39 is 10.0 Å². The molecule has 1 amide bonds. The van der Waals surface area contributed by atoms with Crippen molar-refractivity contribution in [3.8, 4) is 0 Å². The van der Waals surface area contributed by atoms with Gasteiger partial charge in [-0.1, -0.05) is 18.6 Å². The number of thiophene rings is 1. The van der Waals surface area contributed by atoms with Crippen LogP contribution in [0.4, 0.5) is 0 Å². The molecule has 2 fully saturated rings. The Hall–Kier alpha value is -1.70. The zero-order valence-electron chi connectivity index (χ0n) is 15.9. The van der Waals surface area contributed by atoms with Crippen LogP contribution in [0, 0.1) is 0 Å². The fraction of sp³-hybridized carbons (Fsp3) is 0.476. The van der Waals surface area contributed by atoms with Crippen LogP contribution in [0.1, 0.15) is 49.3 Å². The summed E-state index contributed by atoms with van der Waals surface area (Å²) in [5.41, 5.74) is 2.08. The summed E-state index contributed by atoms with van der Waals surface area (Å²) >= 11 is 1.66. The average molecular weight is 419 g/mol. The van der Waals surface area contributed by atoms with Crippen LogP contribution in [0.15, 0.2) is 46.0 Å². The summed E-state index contributed by atoms with van der Waals surface area (Å²) in [5.74, 6) is 0.111. The molecule has 28 heavy (non-hydrogen) atoms. The first-order chi connectivity index (χ1) is 13.6. The molecule has 4 rings (SSSR count). The van der Waals surface area contributed by atoms with Crippen molar-refractivity contribution < 1.29 is 13.2 Å². The minimum absolute atomic E-state index is 0.111. The highest BCUT2D eigenvalue weighted by atomic mass is 32.2. The molecule has 3 heterocycles. The normalized spacial score (nSPS) is 21.1. The highest BCUT2D eigenvalue weighted by molar-refractivity contribution is 7.89. The predicted molar refractivity (Wildman–Crippen MR) is 111 cm³/mol. The van der Waals surface area contributed by atoms with E-state index in [1.54, 1.807) is 39.9 Å². The van der Waals surface area contributed by atoms with E-state index in [0.29, 0.717) is 24.4 Å². The zero-order chi connectivity index (χ0) is 19.6. The molecule has 2 saturated heterocycles. The number of carbonyl (C=O) groups is 1. The number of piperidine rings is 1. The number of nitrogens with zero attached hydrogens (tertiary/aromatic N) is 2. The van der Waals surface area contributed by atoms with Crippen LogP contribution in [-0.2, 0) is 21.2 Å². The van der Waals surface area contributed by atoms with Gasteiger partial charge in [0.1, 0.15) is 0 Å². The van der Waals surface area contributed by atoms with E-state index in [0.717, 1.165) is 44.2 Å². The van der Waals surface area contributed by atoms with Crippen LogP contribution in [-0.4, -0.2) is 43.2 Å². The Morgan fingerprint density at radius 3 is 2.43 bits per heavy atom. The maximum Gasteiger partial charge on any atom is 0.243 e. The minimum Gasteiger partial charge on any atom is -0.335 e. The van der Waals surface area contributed by atoms with Gasteiger partial charge in [0.25, 0.3) is 0 Å². The van der Waals surface area contributed by atoms with Crippen molar-refractivity contribution in [3.63, 3.8) is 0 Å². The van der Waals surface area contributed by atoms with E-state index in [9.17, 15) is 13.2 Å². The van der Waals surface area contributed by atoms with Gasteiger partial charge < -0.3 is 4.90 Å². The van der Waals surface area contributed by atoms with Crippen molar-refractivity contribution in [2.45, 2.75) is 49.5 Å². The number of sulfonamides is 1. The lowest BCUT2D eigenvalue weighted by molar-refractivity contribution is -0.131. The molecule has 150 valence electrons. The molecule has 2 aliphatic heterocycles. The molecule has 0 bridgehead atoms. The van der Waals surface area contributed by atoms with Gasteiger partial charge in [0, 0.05) is 19.6 Å². The molecule has 0 spiro atoms. The summed E-state index contributed by atoms with van der Waals surface area (Å²) in [6.07, 6.45) is 5.29. The second-order valence-corrected chi connectivity index (χ2v) is 10.3. The number of benzene rings is 1. The summed E-state index contributed by atoms with van der Waals surface area (Å²) in [6, 6.07) is 9.13. The van der Waals surface area contributed by atoms with Gasteiger partial charge in [-0.3, -0.25) is 4.79 Å². The van der Waals surface area contributed by atoms with Gasteiger partial charge in [-0.25, -0.2) is 8.42 Å². The molecule has 0 saturated carbocycles. The van der Waals surface area contributed by atoms with Crippen LogP contribution in [0.25, 0.3) is 0 Å². The third-order valence-electron chi connectivity index (χ3n) is 5.73. The van der Waals surface area contributed by atoms with Gasteiger partial charge in [0.2, 0.25) is 15.9 Å². The second kappa shape index (κ2) is 8.35. The number of hydrogen-bond donors (Lipinski definition) is 0. The Bertz CT molecular complexity index is 902. The van der Waals surface area contributed by atoms with Gasteiger partial charge in [-0.15, -0.1) is 0 Å². The average Bonchev–Trinajstić information content (AvgIpc) is 3.40. The van der Waals surface area contributed by atoms with Crippen molar-refractivity contribution in [1.82, 2.24) is 9.21 Å². The Morgan fingerprint density at radius 2 is 1.75 bits per heavy atom. The molecule has 0 N–H and O–H groups in total. The van der Waals surface area contributed by atoms with Crippen molar-refractivity contribution in [2.24, 2.45) is 0 Å². The minimum atomic E-state index is -3.42. The molecule has 1 aromatic heterocycles. The molecule has 5 nitrogen and oxygen atoms in total. The fourth-order valence-corrected chi connectivity index (χ4v) is 6.41. The summed E-state index contributed by atoms with van der Waals surface area (Å²) in [4.78, 5) is 15.1.